The molecule has 7 nitrogen and oxygen atoms in total. The van der Waals surface area contributed by atoms with Crippen molar-refractivity contribution in [3.63, 3.8) is 0 Å². The third kappa shape index (κ3) is 3.97. The highest BCUT2D eigenvalue weighted by Gasteiger charge is 2.21. The first kappa shape index (κ1) is 19.8. The number of carbonyl (C=O) groups excluding carboxylic acids is 1. The largest absolute Gasteiger partial charge is 0.489 e. The first-order chi connectivity index (χ1) is 14.6. The number of methoxy groups -OCH3 is 1. The van der Waals surface area contributed by atoms with Gasteiger partial charge in [0.05, 0.1) is 24.4 Å². The minimum atomic E-state index is -0.460. The summed E-state index contributed by atoms with van der Waals surface area (Å²) in [6, 6.07) is 9.67. The second-order valence-electron chi connectivity index (χ2n) is 7.24. The fourth-order valence-corrected chi connectivity index (χ4v) is 3.41. The van der Waals surface area contributed by atoms with E-state index in [1.54, 1.807) is 25.7 Å². The standard InChI is InChI=1S/C23H23N3O4/c1-14(2)30-23(27)22-18(13-28-3)21-17-10-16(29-12-15-6-8-24-9-7-15)4-5-19(17)26-20(21)11-25-22/h4-11,14,26H,12-13H2,1-3H3. The van der Waals surface area contributed by atoms with Gasteiger partial charge < -0.3 is 19.2 Å². The van der Waals surface area contributed by atoms with E-state index in [2.05, 4.69) is 15.0 Å². The number of hydrogen-bond donors (Lipinski definition) is 1. The minimum Gasteiger partial charge on any atom is -0.489 e. The molecule has 154 valence electrons. The van der Waals surface area contributed by atoms with Crippen molar-refractivity contribution in [3.05, 3.63) is 65.7 Å². The van der Waals surface area contributed by atoms with Gasteiger partial charge in [0.25, 0.3) is 0 Å². The van der Waals surface area contributed by atoms with Crippen molar-refractivity contribution in [1.82, 2.24) is 15.0 Å². The topological polar surface area (TPSA) is 86.3 Å². The van der Waals surface area contributed by atoms with E-state index >= 15 is 0 Å². The van der Waals surface area contributed by atoms with Gasteiger partial charge in [0.15, 0.2) is 5.69 Å². The first-order valence-corrected chi connectivity index (χ1v) is 9.71. The number of ether oxygens (including phenoxy) is 3. The van der Waals surface area contributed by atoms with E-state index in [9.17, 15) is 4.79 Å². The molecule has 0 bridgehead atoms. The molecule has 1 aromatic carbocycles. The SMILES string of the molecule is COCc1c(C(=O)OC(C)C)ncc2[nH]c3ccc(OCc4ccncc4)cc3c12. The van der Waals surface area contributed by atoms with E-state index in [-0.39, 0.29) is 18.4 Å². The van der Waals surface area contributed by atoms with E-state index in [0.717, 1.165) is 33.1 Å². The molecular formula is C23H23N3O4. The fourth-order valence-electron chi connectivity index (χ4n) is 3.41. The number of rotatable bonds is 7. The molecule has 3 aromatic heterocycles. The molecule has 0 saturated heterocycles. The summed E-state index contributed by atoms with van der Waals surface area (Å²) in [5, 5.41) is 1.82. The highest BCUT2D eigenvalue weighted by molar-refractivity contribution is 6.11. The molecule has 0 aliphatic heterocycles. The second-order valence-corrected chi connectivity index (χ2v) is 7.24. The lowest BCUT2D eigenvalue weighted by Gasteiger charge is -2.12. The van der Waals surface area contributed by atoms with Gasteiger partial charge in [-0.1, -0.05) is 0 Å². The molecule has 3 heterocycles. The summed E-state index contributed by atoms with van der Waals surface area (Å²) in [5.41, 5.74) is 3.74. The molecule has 4 aromatic rings. The van der Waals surface area contributed by atoms with E-state index in [4.69, 9.17) is 14.2 Å². The van der Waals surface area contributed by atoms with E-state index < -0.39 is 5.97 Å². The lowest BCUT2D eigenvalue weighted by Crippen LogP contribution is -2.15. The molecule has 0 aliphatic carbocycles. The molecule has 0 saturated carbocycles. The van der Waals surface area contributed by atoms with Gasteiger partial charge in [-0.25, -0.2) is 9.78 Å². The first-order valence-electron chi connectivity index (χ1n) is 9.71. The Balaban J connectivity index is 1.77. The molecule has 0 atom stereocenters. The number of benzene rings is 1. The zero-order valence-corrected chi connectivity index (χ0v) is 17.1. The smallest absolute Gasteiger partial charge is 0.357 e. The fraction of sp³-hybridized carbons (Fsp3) is 0.261. The van der Waals surface area contributed by atoms with Crippen LogP contribution in [-0.2, 0) is 22.7 Å². The van der Waals surface area contributed by atoms with Crippen LogP contribution < -0.4 is 4.74 Å². The van der Waals surface area contributed by atoms with Gasteiger partial charge in [0.2, 0.25) is 0 Å². The van der Waals surface area contributed by atoms with Crippen LogP contribution in [0.3, 0.4) is 0 Å². The lowest BCUT2D eigenvalue weighted by atomic mass is 10.1. The maximum absolute atomic E-state index is 12.6. The monoisotopic (exact) mass is 405 g/mol. The van der Waals surface area contributed by atoms with Crippen LogP contribution in [0.5, 0.6) is 5.75 Å². The predicted octanol–water partition coefficient (Wildman–Crippen LogP) is 4.40. The molecular weight excluding hydrogens is 382 g/mol. The summed E-state index contributed by atoms with van der Waals surface area (Å²) in [5.74, 6) is 0.269. The Morgan fingerprint density at radius 3 is 2.63 bits per heavy atom. The zero-order valence-electron chi connectivity index (χ0n) is 17.1. The molecule has 7 heteroatoms. The molecule has 30 heavy (non-hydrogen) atoms. The van der Waals surface area contributed by atoms with E-state index in [1.807, 2.05) is 44.2 Å². The Labute approximate surface area is 174 Å². The molecule has 1 N–H and O–H groups in total. The van der Waals surface area contributed by atoms with Gasteiger partial charge in [0, 0.05) is 41.4 Å². The van der Waals surface area contributed by atoms with Crippen molar-refractivity contribution in [1.29, 1.82) is 0 Å². The van der Waals surface area contributed by atoms with Crippen LogP contribution in [-0.4, -0.2) is 34.1 Å². The number of pyridine rings is 2. The van der Waals surface area contributed by atoms with Gasteiger partial charge in [0.1, 0.15) is 12.4 Å². The molecule has 0 unspecified atom stereocenters. The van der Waals surface area contributed by atoms with Crippen molar-refractivity contribution in [2.75, 3.05) is 7.11 Å². The summed E-state index contributed by atoms with van der Waals surface area (Å²) in [4.78, 5) is 24.3. The number of carbonyl (C=O) groups is 1. The van der Waals surface area contributed by atoms with Crippen LogP contribution in [0.4, 0.5) is 0 Å². The lowest BCUT2D eigenvalue weighted by molar-refractivity contribution is 0.0366. The number of hydrogen-bond acceptors (Lipinski definition) is 6. The maximum atomic E-state index is 12.6. The van der Waals surface area contributed by atoms with Gasteiger partial charge in [-0.3, -0.25) is 4.98 Å². The van der Waals surface area contributed by atoms with Crippen LogP contribution in [0, 0.1) is 0 Å². The van der Waals surface area contributed by atoms with Crippen molar-refractivity contribution in [2.24, 2.45) is 0 Å². The summed E-state index contributed by atoms with van der Waals surface area (Å²) in [6.07, 6.45) is 4.90. The normalized spacial score (nSPS) is 11.3. The molecule has 0 aliphatic rings. The Morgan fingerprint density at radius 1 is 1.10 bits per heavy atom. The van der Waals surface area contributed by atoms with Gasteiger partial charge >= 0.3 is 5.97 Å². The predicted molar refractivity (Wildman–Crippen MR) is 113 cm³/mol. The van der Waals surface area contributed by atoms with Crippen LogP contribution in [0.25, 0.3) is 21.8 Å². The summed E-state index contributed by atoms with van der Waals surface area (Å²) in [7, 11) is 1.59. The Bertz CT molecular complexity index is 1190. The molecule has 0 fully saturated rings. The van der Waals surface area contributed by atoms with Gasteiger partial charge in [-0.05, 0) is 49.7 Å². The number of nitrogens with one attached hydrogen (secondary N) is 1. The van der Waals surface area contributed by atoms with Crippen LogP contribution in [0.15, 0.2) is 48.9 Å². The average molecular weight is 405 g/mol. The zero-order chi connectivity index (χ0) is 21.1. The van der Waals surface area contributed by atoms with E-state index in [0.29, 0.717) is 12.2 Å². The Morgan fingerprint density at radius 2 is 1.90 bits per heavy atom. The van der Waals surface area contributed by atoms with Gasteiger partial charge in [-0.2, -0.15) is 0 Å². The number of aromatic nitrogens is 3. The van der Waals surface area contributed by atoms with Crippen molar-refractivity contribution >= 4 is 27.8 Å². The number of aromatic amines is 1. The van der Waals surface area contributed by atoms with E-state index in [1.165, 1.54) is 0 Å². The van der Waals surface area contributed by atoms with Crippen molar-refractivity contribution < 1.29 is 19.0 Å². The molecule has 0 amide bonds. The summed E-state index contributed by atoms with van der Waals surface area (Å²) < 4.78 is 16.7. The molecule has 4 rings (SSSR count). The van der Waals surface area contributed by atoms with Crippen LogP contribution in [0.1, 0.15) is 35.5 Å². The molecule has 0 spiro atoms. The van der Waals surface area contributed by atoms with Gasteiger partial charge in [-0.15, -0.1) is 0 Å². The highest BCUT2D eigenvalue weighted by Crippen LogP contribution is 2.33. The number of H-pyrrole nitrogens is 1. The van der Waals surface area contributed by atoms with Crippen LogP contribution >= 0.6 is 0 Å². The maximum Gasteiger partial charge on any atom is 0.357 e. The molecule has 0 radical (unpaired) electrons. The summed E-state index contributed by atoms with van der Waals surface area (Å²) >= 11 is 0. The third-order valence-electron chi connectivity index (χ3n) is 4.69. The Kier molecular flexibility index (Phi) is 5.63. The van der Waals surface area contributed by atoms with Crippen LogP contribution in [0.2, 0.25) is 0 Å². The number of nitrogens with zero attached hydrogens (tertiary/aromatic N) is 2. The van der Waals surface area contributed by atoms with Crippen molar-refractivity contribution in [3.8, 4) is 5.75 Å². The average Bonchev–Trinajstić information content (AvgIpc) is 3.11. The second kappa shape index (κ2) is 8.51. The number of esters is 1. The number of fused-ring (bicyclic) bond motifs is 3. The third-order valence-corrected chi connectivity index (χ3v) is 4.69. The quantitative estimate of drug-likeness (QED) is 0.459. The highest BCUT2D eigenvalue weighted by atomic mass is 16.5. The Hall–Kier alpha value is -3.45. The summed E-state index contributed by atoms with van der Waals surface area (Å²) in [6.45, 7) is 4.30. The minimum absolute atomic E-state index is 0.235. The van der Waals surface area contributed by atoms with Crippen molar-refractivity contribution in [2.45, 2.75) is 33.2 Å².